The largest absolute Gasteiger partial charge is 0.504 e. The van der Waals surface area contributed by atoms with Crippen molar-refractivity contribution in [2.45, 2.75) is 101 Å². The lowest BCUT2D eigenvalue weighted by molar-refractivity contribution is -0.0215. The SMILES string of the molecule is CC[C@@H]1Cc2cc(O)c(O[C@@H]3C[C@H](Cc4ccc[nH]4)C4=CCNC(N)=C4CSSC[C@H](CO)[C@H]3O)cc2[C@H]2C[C@@H](O)[C@@H]3[C@@H](C#C[C@H](CCO)C[C@@H](O)CC[C@@H]3O)C=C12. The molecule has 1 fully saturated rings. The van der Waals surface area contributed by atoms with E-state index in [0.29, 0.717) is 75.2 Å². The predicted molar refractivity (Wildman–Crippen MR) is 229 cm³/mol. The van der Waals surface area contributed by atoms with E-state index in [0.717, 1.165) is 40.0 Å². The van der Waals surface area contributed by atoms with E-state index in [1.165, 1.54) is 0 Å². The molecule has 0 unspecified atom stereocenters. The molecule has 1 saturated heterocycles. The number of aliphatic hydroxyl groups excluding tert-OH is 6. The van der Waals surface area contributed by atoms with Crippen molar-refractivity contribution in [3.05, 3.63) is 82.0 Å². The Bertz CT molecular complexity index is 1870. The van der Waals surface area contributed by atoms with Crippen LogP contribution in [-0.2, 0) is 12.8 Å². The summed E-state index contributed by atoms with van der Waals surface area (Å²) in [5, 5.41) is 81.6. The average Bonchev–Trinajstić information content (AvgIpc) is 3.66. The van der Waals surface area contributed by atoms with E-state index in [2.05, 4.69) is 41.2 Å². The lowest BCUT2D eigenvalue weighted by atomic mass is 9.70. The van der Waals surface area contributed by atoms with Gasteiger partial charge in [-0.25, -0.2) is 0 Å². The van der Waals surface area contributed by atoms with Gasteiger partial charge in [0.25, 0.3) is 0 Å². The van der Waals surface area contributed by atoms with Crippen molar-refractivity contribution in [2.75, 3.05) is 31.3 Å². The maximum atomic E-state index is 12.1. The number of fused-ring (bicyclic) bond motifs is 5. The molecule has 0 radical (unpaired) electrons. The molecule has 0 amide bonds. The Kier molecular flexibility index (Phi) is 14.5. The fourth-order valence-electron chi connectivity index (χ4n) is 9.99. The number of aromatic hydroxyl groups is 1. The number of benzene rings is 1. The molecule has 0 spiro atoms. The number of nitrogens with one attached hydrogen (secondary N) is 2. The van der Waals surface area contributed by atoms with Crippen molar-refractivity contribution < 1.29 is 40.5 Å². The molecule has 316 valence electrons. The van der Waals surface area contributed by atoms with Gasteiger partial charge < -0.3 is 56.5 Å². The molecular weight excluding hydrogens is 775 g/mol. The summed E-state index contributed by atoms with van der Waals surface area (Å²) in [5.74, 6) is 6.83. The number of ether oxygens (including phenoxy) is 1. The number of aliphatic hydroxyl groups is 6. The van der Waals surface area contributed by atoms with E-state index in [4.69, 9.17) is 10.5 Å². The van der Waals surface area contributed by atoms with Gasteiger partial charge in [-0.3, -0.25) is 0 Å². The van der Waals surface area contributed by atoms with Gasteiger partial charge in [-0.15, -0.1) is 0 Å². The third-order valence-corrected chi connectivity index (χ3v) is 15.6. The Morgan fingerprint density at radius 2 is 1.84 bits per heavy atom. The zero-order valence-corrected chi connectivity index (χ0v) is 34.9. The quantitative estimate of drug-likeness (QED) is 0.103. The third kappa shape index (κ3) is 9.60. The number of hydrogen-bond acceptors (Lipinski definition) is 12. The van der Waals surface area contributed by atoms with E-state index < -0.39 is 48.3 Å². The number of nitrogens with two attached hydrogens (primary N) is 1. The van der Waals surface area contributed by atoms with Crippen molar-refractivity contribution in [3.8, 4) is 23.3 Å². The number of aromatic amines is 1. The second kappa shape index (κ2) is 19.5. The summed E-state index contributed by atoms with van der Waals surface area (Å²) in [6.45, 7) is 2.46. The van der Waals surface area contributed by atoms with Gasteiger partial charge in [0.15, 0.2) is 11.5 Å². The van der Waals surface area contributed by atoms with Crippen LogP contribution in [0.4, 0.5) is 0 Å². The van der Waals surface area contributed by atoms with Crippen molar-refractivity contribution in [3.63, 3.8) is 0 Å². The van der Waals surface area contributed by atoms with Crippen LogP contribution in [-0.4, -0.2) is 103 Å². The van der Waals surface area contributed by atoms with Gasteiger partial charge in [-0.1, -0.05) is 58.1 Å². The molecule has 12 atom stereocenters. The van der Waals surface area contributed by atoms with Crippen LogP contribution < -0.4 is 15.8 Å². The first-order chi connectivity index (χ1) is 28.1. The molecule has 7 rings (SSSR count). The lowest BCUT2D eigenvalue weighted by Gasteiger charge is -2.36. The average molecular weight is 836 g/mol. The highest BCUT2D eigenvalue weighted by atomic mass is 33.1. The van der Waals surface area contributed by atoms with Crippen LogP contribution in [0.25, 0.3) is 0 Å². The highest BCUT2D eigenvalue weighted by molar-refractivity contribution is 8.76. The van der Waals surface area contributed by atoms with Crippen LogP contribution in [0.5, 0.6) is 11.5 Å². The Morgan fingerprint density at radius 3 is 2.60 bits per heavy atom. The molecular formula is C45H61N3O8S2. The number of phenolic OH excluding ortho intramolecular Hbond substituents is 1. The standard InChI is InChI=1S/C45H61N3O8S2/c1-2-26-15-28-18-39(53)41(21-35(28)36-20-40(54)43-27(17-34(26)36)6-5-25(10-13-49)14-32(51)7-8-38(43)52)56-42-19-29(16-31-4-3-11-47-31)33-9-12-48-45(46)37(33)24-58-57-23-30(22-50)44(42)55/h3-4,9,11,17-18,21,25-27,29-30,32,36,38,40,42-44,47-55H,2,7-8,10,12-16,19-20,22-24,46H2,1H3/t25-,26-,27+,29+,30+,32+,36+,38+,40-,42-,43-,44-/m1/s1. The van der Waals surface area contributed by atoms with Crippen LogP contribution in [0.3, 0.4) is 0 Å². The summed E-state index contributed by atoms with van der Waals surface area (Å²) < 4.78 is 6.82. The topological polar surface area (TPSA) is 205 Å². The molecule has 3 aliphatic carbocycles. The van der Waals surface area contributed by atoms with E-state index in [1.807, 2.05) is 24.4 Å². The highest BCUT2D eigenvalue weighted by Crippen LogP contribution is 2.51. The summed E-state index contributed by atoms with van der Waals surface area (Å²) in [5.41, 5.74) is 12.8. The number of aromatic nitrogens is 1. The molecule has 11 N–H and O–H groups in total. The second-order valence-electron chi connectivity index (χ2n) is 16.9. The van der Waals surface area contributed by atoms with Gasteiger partial charge in [0.1, 0.15) is 11.9 Å². The smallest absolute Gasteiger partial charge is 0.161 e. The van der Waals surface area contributed by atoms with E-state index in [1.54, 1.807) is 27.7 Å². The number of allylic oxidation sites excluding steroid dienone is 3. The number of phenols is 1. The summed E-state index contributed by atoms with van der Waals surface area (Å²) >= 11 is 0. The number of dihydropyridines is 1. The summed E-state index contributed by atoms with van der Waals surface area (Å²) in [6.07, 6.45) is 6.42. The van der Waals surface area contributed by atoms with Gasteiger partial charge in [0.2, 0.25) is 0 Å². The first-order valence-corrected chi connectivity index (χ1v) is 23.6. The molecule has 0 saturated carbocycles. The van der Waals surface area contributed by atoms with Crippen molar-refractivity contribution in [1.82, 2.24) is 10.3 Å². The molecule has 0 bridgehead atoms. The minimum atomic E-state index is -1.05. The Morgan fingerprint density at radius 1 is 1.00 bits per heavy atom. The molecule has 11 nitrogen and oxygen atoms in total. The monoisotopic (exact) mass is 835 g/mol. The molecule has 2 aliphatic heterocycles. The maximum absolute atomic E-state index is 12.1. The van der Waals surface area contributed by atoms with E-state index >= 15 is 0 Å². The van der Waals surface area contributed by atoms with Crippen molar-refractivity contribution >= 4 is 21.6 Å². The molecule has 1 aromatic heterocycles. The fraction of sp³-hybridized carbons (Fsp3) is 0.600. The van der Waals surface area contributed by atoms with Gasteiger partial charge >= 0.3 is 0 Å². The van der Waals surface area contributed by atoms with E-state index in [-0.39, 0.29) is 48.4 Å². The Hall–Kier alpha value is -3.06. The van der Waals surface area contributed by atoms with Gasteiger partial charge in [-0.2, -0.15) is 0 Å². The summed E-state index contributed by atoms with van der Waals surface area (Å²) in [4.78, 5) is 3.34. The normalized spacial score (nSPS) is 34.5. The third-order valence-electron chi connectivity index (χ3n) is 13.2. The van der Waals surface area contributed by atoms with Gasteiger partial charge in [0, 0.05) is 78.3 Å². The fourth-order valence-corrected chi connectivity index (χ4v) is 12.5. The van der Waals surface area contributed by atoms with E-state index in [9.17, 15) is 35.7 Å². The number of hydrogen-bond donors (Lipinski definition) is 10. The van der Waals surface area contributed by atoms with Crippen LogP contribution in [0.2, 0.25) is 0 Å². The molecule has 58 heavy (non-hydrogen) atoms. The first kappa shape index (κ1) is 43.0. The second-order valence-corrected chi connectivity index (χ2v) is 19.4. The zero-order chi connectivity index (χ0) is 40.9. The first-order valence-electron chi connectivity index (χ1n) is 21.1. The lowest BCUT2D eigenvalue weighted by Crippen LogP contribution is -2.42. The van der Waals surface area contributed by atoms with Crippen molar-refractivity contribution in [2.24, 2.45) is 41.2 Å². The minimum Gasteiger partial charge on any atom is -0.504 e. The Labute approximate surface area is 350 Å². The molecule has 1 aromatic carbocycles. The molecule has 5 aliphatic rings. The highest BCUT2D eigenvalue weighted by Gasteiger charge is 2.43. The van der Waals surface area contributed by atoms with Crippen LogP contribution in [0, 0.1) is 47.3 Å². The van der Waals surface area contributed by atoms with Gasteiger partial charge in [0.05, 0.1) is 24.4 Å². The molecule has 3 heterocycles. The van der Waals surface area contributed by atoms with Crippen LogP contribution >= 0.6 is 21.6 Å². The van der Waals surface area contributed by atoms with Crippen LogP contribution in [0.1, 0.15) is 74.6 Å². The molecule has 2 aromatic rings. The minimum absolute atomic E-state index is 0.0297. The summed E-state index contributed by atoms with van der Waals surface area (Å²) in [7, 11) is 3.23. The zero-order valence-electron chi connectivity index (χ0n) is 33.3. The predicted octanol–water partition coefficient (Wildman–Crippen LogP) is 4.28. The van der Waals surface area contributed by atoms with Crippen LogP contribution in [0.15, 0.2) is 65.2 Å². The molecule has 13 heteroatoms. The Balaban J connectivity index is 1.27. The number of H-pyrrole nitrogens is 1. The van der Waals surface area contributed by atoms with Gasteiger partial charge in [-0.05, 0) is 111 Å². The maximum Gasteiger partial charge on any atom is 0.161 e. The number of rotatable bonds is 8. The van der Waals surface area contributed by atoms with Crippen molar-refractivity contribution in [1.29, 1.82) is 0 Å². The summed E-state index contributed by atoms with van der Waals surface area (Å²) in [6, 6.07) is 7.66.